The number of amides is 1. The van der Waals surface area contributed by atoms with Gasteiger partial charge in [0.2, 0.25) is 5.13 Å². The number of rotatable bonds is 5. The van der Waals surface area contributed by atoms with Crippen LogP contribution in [0, 0.1) is 0 Å². The van der Waals surface area contributed by atoms with E-state index in [0.29, 0.717) is 21.5 Å². The first-order valence-electron chi connectivity index (χ1n) is 8.23. The Morgan fingerprint density at radius 2 is 2.04 bits per heavy atom. The molecule has 1 atom stereocenters. The molecule has 9 heteroatoms. The number of aryl methyl sites for hydroxylation is 1. The average Bonchev–Trinajstić information content (AvgIpc) is 3.41. The highest BCUT2D eigenvalue weighted by Crippen LogP contribution is 2.26. The van der Waals surface area contributed by atoms with Crippen LogP contribution in [0.4, 0.5) is 5.13 Å². The Balaban J connectivity index is 1.61. The normalized spacial score (nSPS) is 12.0. The van der Waals surface area contributed by atoms with Gasteiger partial charge < -0.3 is 15.6 Å². The van der Waals surface area contributed by atoms with Gasteiger partial charge in [0.15, 0.2) is 0 Å². The van der Waals surface area contributed by atoms with E-state index < -0.39 is 6.04 Å². The van der Waals surface area contributed by atoms with Crippen molar-refractivity contribution in [3.8, 4) is 11.4 Å². The second-order valence-electron chi connectivity index (χ2n) is 5.97. The number of nitrogen functional groups attached to an aromatic ring is 1. The fourth-order valence-corrected chi connectivity index (χ4v) is 3.49. The van der Waals surface area contributed by atoms with Crippen LogP contribution in [-0.4, -0.2) is 30.9 Å². The molecule has 4 aromatic rings. The molecule has 3 aromatic heterocycles. The number of hydrogen-bond acceptors (Lipinski definition) is 6. The van der Waals surface area contributed by atoms with Crippen LogP contribution in [0.5, 0.6) is 0 Å². The lowest BCUT2D eigenvalue weighted by atomic mass is 10.1. The maximum absolute atomic E-state index is 12.8. The lowest BCUT2D eigenvalue weighted by molar-refractivity contribution is 0.0938. The Kier molecular flexibility index (Phi) is 4.43. The molecule has 1 amide bonds. The quantitative estimate of drug-likeness (QED) is 0.492. The summed E-state index contributed by atoms with van der Waals surface area (Å²) in [6.07, 6.45) is 1.93. The number of nitrogens with two attached hydrogens (primary N) is 1. The molecule has 0 fully saturated rings. The van der Waals surface area contributed by atoms with Gasteiger partial charge in [0, 0.05) is 13.2 Å². The van der Waals surface area contributed by atoms with Gasteiger partial charge in [-0.2, -0.15) is 5.10 Å². The molecule has 0 aliphatic heterocycles. The van der Waals surface area contributed by atoms with E-state index in [4.69, 9.17) is 5.73 Å². The Hall–Kier alpha value is -3.46. The minimum absolute atomic E-state index is 0.286. The SMILES string of the molecule is Cn1cccc1-c1cc(C(=O)NC(c2ccccc2)c2nnc(N)s2)[nH]n1. The van der Waals surface area contributed by atoms with E-state index in [-0.39, 0.29) is 5.91 Å². The van der Waals surface area contributed by atoms with Gasteiger partial charge >= 0.3 is 0 Å². The molecule has 3 heterocycles. The summed E-state index contributed by atoms with van der Waals surface area (Å²) in [5.74, 6) is -0.286. The van der Waals surface area contributed by atoms with Gasteiger partial charge in [-0.25, -0.2) is 0 Å². The topological polar surface area (TPSA) is 115 Å². The summed E-state index contributed by atoms with van der Waals surface area (Å²) >= 11 is 1.24. The van der Waals surface area contributed by atoms with Crippen LogP contribution < -0.4 is 11.1 Å². The van der Waals surface area contributed by atoms with Gasteiger partial charge in [0.25, 0.3) is 5.91 Å². The Labute approximate surface area is 159 Å². The first-order chi connectivity index (χ1) is 13.1. The summed E-state index contributed by atoms with van der Waals surface area (Å²) < 4.78 is 1.94. The van der Waals surface area contributed by atoms with Crippen molar-refractivity contribution in [3.05, 3.63) is 71.0 Å². The number of benzene rings is 1. The summed E-state index contributed by atoms with van der Waals surface area (Å²) in [7, 11) is 1.93. The minimum Gasteiger partial charge on any atom is -0.374 e. The molecule has 1 unspecified atom stereocenters. The number of carbonyl (C=O) groups is 1. The summed E-state index contributed by atoms with van der Waals surface area (Å²) in [5, 5.41) is 19.0. The standard InChI is InChI=1S/C18H17N7OS/c1-25-9-5-8-14(25)12-10-13(22-21-12)16(26)20-15(11-6-3-2-4-7-11)17-23-24-18(19)27-17/h2-10,15H,1H3,(H2,19,24)(H,20,26)(H,21,22). The monoisotopic (exact) mass is 379 g/mol. The van der Waals surface area contributed by atoms with E-state index in [1.807, 2.05) is 60.3 Å². The Morgan fingerprint density at radius 3 is 2.70 bits per heavy atom. The number of aromatic nitrogens is 5. The molecule has 0 saturated heterocycles. The predicted molar refractivity (Wildman–Crippen MR) is 103 cm³/mol. The fourth-order valence-electron chi connectivity index (χ4n) is 2.80. The van der Waals surface area contributed by atoms with Gasteiger partial charge in [-0.3, -0.25) is 9.89 Å². The van der Waals surface area contributed by atoms with Crippen LogP contribution in [0.2, 0.25) is 0 Å². The third kappa shape index (κ3) is 3.44. The first kappa shape index (κ1) is 17.0. The molecule has 4 rings (SSSR count). The zero-order valence-electron chi connectivity index (χ0n) is 14.5. The first-order valence-corrected chi connectivity index (χ1v) is 9.05. The van der Waals surface area contributed by atoms with Crippen LogP contribution in [0.1, 0.15) is 27.1 Å². The number of hydrogen-bond donors (Lipinski definition) is 3. The number of nitrogens with one attached hydrogen (secondary N) is 2. The molecule has 0 spiro atoms. The van der Waals surface area contributed by atoms with E-state index in [0.717, 1.165) is 11.3 Å². The van der Waals surface area contributed by atoms with E-state index in [9.17, 15) is 4.79 Å². The fraction of sp³-hybridized carbons (Fsp3) is 0.111. The number of anilines is 1. The van der Waals surface area contributed by atoms with Crippen molar-refractivity contribution in [1.82, 2.24) is 30.3 Å². The van der Waals surface area contributed by atoms with Crippen molar-refractivity contribution in [2.45, 2.75) is 6.04 Å². The maximum atomic E-state index is 12.8. The third-order valence-corrected chi connectivity index (χ3v) is 4.96. The highest BCUT2D eigenvalue weighted by atomic mass is 32.1. The van der Waals surface area contributed by atoms with E-state index in [1.54, 1.807) is 6.07 Å². The molecular formula is C18H17N7OS. The smallest absolute Gasteiger partial charge is 0.270 e. The number of aromatic amines is 1. The predicted octanol–water partition coefficient (Wildman–Crippen LogP) is 2.37. The molecule has 0 saturated carbocycles. The molecule has 27 heavy (non-hydrogen) atoms. The van der Waals surface area contributed by atoms with Gasteiger partial charge in [-0.05, 0) is 23.8 Å². The molecule has 8 nitrogen and oxygen atoms in total. The van der Waals surface area contributed by atoms with Gasteiger partial charge in [0.05, 0.1) is 5.69 Å². The van der Waals surface area contributed by atoms with Crippen molar-refractivity contribution in [2.24, 2.45) is 7.05 Å². The lowest BCUT2D eigenvalue weighted by Crippen LogP contribution is -2.29. The zero-order chi connectivity index (χ0) is 18.8. The summed E-state index contributed by atoms with van der Waals surface area (Å²) in [6.45, 7) is 0. The Bertz CT molecular complexity index is 1070. The number of H-pyrrole nitrogens is 1. The second kappa shape index (κ2) is 7.04. The van der Waals surface area contributed by atoms with Crippen molar-refractivity contribution in [3.63, 3.8) is 0 Å². The number of carbonyl (C=O) groups excluding carboxylic acids is 1. The van der Waals surface area contributed by atoms with E-state index in [1.165, 1.54) is 11.3 Å². The molecule has 0 aliphatic carbocycles. The Morgan fingerprint density at radius 1 is 1.22 bits per heavy atom. The molecule has 136 valence electrons. The second-order valence-corrected chi connectivity index (χ2v) is 7.01. The average molecular weight is 379 g/mol. The van der Waals surface area contributed by atoms with Crippen LogP contribution in [0.15, 0.2) is 54.7 Å². The zero-order valence-corrected chi connectivity index (χ0v) is 15.3. The van der Waals surface area contributed by atoms with Crippen molar-refractivity contribution < 1.29 is 4.79 Å². The molecule has 4 N–H and O–H groups in total. The van der Waals surface area contributed by atoms with Crippen LogP contribution in [0.3, 0.4) is 0 Å². The van der Waals surface area contributed by atoms with E-state index in [2.05, 4.69) is 25.7 Å². The van der Waals surface area contributed by atoms with Gasteiger partial charge in [-0.1, -0.05) is 41.7 Å². The van der Waals surface area contributed by atoms with Crippen molar-refractivity contribution in [1.29, 1.82) is 0 Å². The van der Waals surface area contributed by atoms with Gasteiger partial charge in [0.1, 0.15) is 22.4 Å². The summed E-state index contributed by atoms with van der Waals surface area (Å²) in [6, 6.07) is 14.7. The minimum atomic E-state index is -0.449. The van der Waals surface area contributed by atoms with Crippen molar-refractivity contribution in [2.75, 3.05) is 5.73 Å². The van der Waals surface area contributed by atoms with E-state index >= 15 is 0 Å². The highest BCUT2D eigenvalue weighted by molar-refractivity contribution is 7.15. The van der Waals surface area contributed by atoms with Crippen LogP contribution >= 0.6 is 11.3 Å². The molecule has 1 aromatic carbocycles. The molecule has 0 bridgehead atoms. The lowest BCUT2D eigenvalue weighted by Gasteiger charge is -2.15. The number of nitrogens with zero attached hydrogens (tertiary/aromatic N) is 4. The molecular weight excluding hydrogens is 362 g/mol. The maximum Gasteiger partial charge on any atom is 0.270 e. The highest BCUT2D eigenvalue weighted by Gasteiger charge is 2.23. The third-order valence-electron chi connectivity index (χ3n) is 4.14. The summed E-state index contributed by atoms with van der Waals surface area (Å²) in [4.78, 5) is 12.8. The summed E-state index contributed by atoms with van der Waals surface area (Å²) in [5.41, 5.74) is 8.60. The van der Waals surface area contributed by atoms with Gasteiger partial charge in [-0.15, -0.1) is 10.2 Å². The molecule has 0 aliphatic rings. The largest absolute Gasteiger partial charge is 0.374 e. The van der Waals surface area contributed by atoms with Crippen LogP contribution in [-0.2, 0) is 7.05 Å². The van der Waals surface area contributed by atoms with Crippen molar-refractivity contribution >= 4 is 22.4 Å². The molecule has 0 radical (unpaired) electrons. The van der Waals surface area contributed by atoms with Crippen LogP contribution in [0.25, 0.3) is 11.4 Å².